The molecule has 1 saturated heterocycles. The normalized spacial score (nSPS) is 20.3. The summed E-state index contributed by atoms with van der Waals surface area (Å²) in [6, 6.07) is 3.88. The van der Waals surface area contributed by atoms with Gasteiger partial charge in [0.25, 0.3) is 5.91 Å². The van der Waals surface area contributed by atoms with Gasteiger partial charge in [0.2, 0.25) is 0 Å². The summed E-state index contributed by atoms with van der Waals surface area (Å²) in [6.07, 6.45) is 2.78. The average Bonchev–Trinajstić information content (AvgIpc) is 2.78. The summed E-state index contributed by atoms with van der Waals surface area (Å²) in [5, 5.41) is 0. The third-order valence-electron chi connectivity index (χ3n) is 3.20. The summed E-state index contributed by atoms with van der Waals surface area (Å²) in [5.41, 5.74) is 5.39. The third-order valence-corrected chi connectivity index (χ3v) is 3.20. The number of ether oxygens (including phenoxy) is 1. The van der Waals surface area contributed by atoms with Crippen LogP contribution in [-0.4, -0.2) is 41.0 Å². The van der Waals surface area contributed by atoms with Gasteiger partial charge < -0.3 is 10.5 Å². The summed E-state index contributed by atoms with van der Waals surface area (Å²) >= 11 is 0. The molecule has 0 radical (unpaired) electrons. The molecule has 1 aromatic rings. The Hall–Kier alpha value is -1.62. The number of hydrogen-bond acceptors (Lipinski definition) is 4. The van der Waals surface area contributed by atoms with E-state index in [2.05, 4.69) is 23.7 Å². The molecule has 0 saturated carbocycles. The highest BCUT2D eigenvalue weighted by Gasteiger charge is 2.25. The fourth-order valence-electron chi connectivity index (χ4n) is 2.11. The third kappa shape index (κ3) is 2.98. The molecule has 2 rings (SSSR count). The molecule has 1 unspecified atom stereocenters. The van der Waals surface area contributed by atoms with E-state index >= 15 is 0 Å². The van der Waals surface area contributed by atoms with Gasteiger partial charge in [-0.25, -0.2) is 4.98 Å². The van der Waals surface area contributed by atoms with Crippen molar-refractivity contribution in [2.45, 2.75) is 32.4 Å². The van der Waals surface area contributed by atoms with Gasteiger partial charge in [0, 0.05) is 19.1 Å². The molecule has 1 fully saturated rings. The van der Waals surface area contributed by atoms with Gasteiger partial charge in [0.15, 0.2) is 0 Å². The number of nitrogens with two attached hydrogens (primary N) is 1. The fourth-order valence-corrected chi connectivity index (χ4v) is 2.11. The molecule has 2 heterocycles. The summed E-state index contributed by atoms with van der Waals surface area (Å²) in [6.45, 7) is 6.38. The second kappa shape index (κ2) is 5.35. The average molecular weight is 249 g/mol. The molecule has 2 N–H and O–H groups in total. The molecule has 1 aromatic heterocycles. The Morgan fingerprint density at radius 1 is 1.56 bits per heavy atom. The van der Waals surface area contributed by atoms with Crippen LogP contribution in [0, 0.1) is 0 Å². The van der Waals surface area contributed by atoms with Gasteiger partial charge in [-0.3, -0.25) is 9.69 Å². The number of likely N-dealkylation sites (tertiary alicyclic amines) is 1. The van der Waals surface area contributed by atoms with Gasteiger partial charge in [-0.2, -0.15) is 0 Å². The Balaban J connectivity index is 1.92. The first-order valence-electron chi connectivity index (χ1n) is 6.23. The van der Waals surface area contributed by atoms with Crippen molar-refractivity contribution in [3.8, 4) is 5.75 Å². The van der Waals surface area contributed by atoms with Crippen LogP contribution in [0.2, 0.25) is 0 Å². The standard InChI is InChI=1S/C13H19N3O2/c1-9(2)16-6-5-11(8-16)18-10-3-4-12(13(14)17)15-7-10/h3-4,7,9,11H,5-6,8H2,1-2H3,(H2,14,17). The first-order valence-corrected chi connectivity index (χ1v) is 6.23. The lowest BCUT2D eigenvalue weighted by Crippen LogP contribution is -2.30. The Kier molecular flexibility index (Phi) is 3.81. The molecule has 1 amide bonds. The van der Waals surface area contributed by atoms with E-state index in [-0.39, 0.29) is 11.8 Å². The highest BCUT2D eigenvalue weighted by Crippen LogP contribution is 2.19. The lowest BCUT2D eigenvalue weighted by Gasteiger charge is -2.20. The highest BCUT2D eigenvalue weighted by atomic mass is 16.5. The Bertz CT molecular complexity index is 417. The van der Waals surface area contributed by atoms with E-state index in [1.54, 1.807) is 18.3 Å². The second-order valence-corrected chi connectivity index (χ2v) is 4.86. The number of rotatable bonds is 4. The van der Waals surface area contributed by atoms with Crippen molar-refractivity contribution in [3.05, 3.63) is 24.0 Å². The fraction of sp³-hybridized carbons (Fsp3) is 0.538. The number of pyridine rings is 1. The van der Waals surface area contributed by atoms with Crippen LogP contribution >= 0.6 is 0 Å². The molecule has 0 bridgehead atoms. The van der Waals surface area contributed by atoms with Crippen LogP contribution in [-0.2, 0) is 0 Å². The SMILES string of the molecule is CC(C)N1CCC(Oc2ccc(C(N)=O)nc2)C1. The van der Waals surface area contributed by atoms with Crippen LogP contribution < -0.4 is 10.5 Å². The summed E-state index contributed by atoms with van der Waals surface area (Å²) in [4.78, 5) is 17.2. The van der Waals surface area contributed by atoms with Crippen molar-refractivity contribution < 1.29 is 9.53 Å². The van der Waals surface area contributed by atoms with Crippen molar-refractivity contribution >= 4 is 5.91 Å². The molecule has 0 aromatic carbocycles. The molecule has 5 nitrogen and oxygen atoms in total. The Morgan fingerprint density at radius 3 is 2.83 bits per heavy atom. The molecular weight excluding hydrogens is 230 g/mol. The van der Waals surface area contributed by atoms with Crippen LogP contribution in [0.25, 0.3) is 0 Å². The molecule has 5 heteroatoms. The van der Waals surface area contributed by atoms with Crippen LogP contribution in [0.5, 0.6) is 5.75 Å². The van der Waals surface area contributed by atoms with Gasteiger partial charge in [0.05, 0.1) is 6.20 Å². The van der Waals surface area contributed by atoms with E-state index in [9.17, 15) is 4.79 Å². The number of hydrogen-bond donors (Lipinski definition) is 1. The Labute approximate surface area is 107 Å². The van der Waals surface area contributed by atoms with Gasteiger partial charge in [-0.1, -0.05) is 0 Å². The maximum atomic E-state index is 10.9. The van der Waals surface area contributed by atoms with Gasteiger partial charge in [-0.05, 0) is 32.4 Å². The second-order valence-electron chi connectivity index (χ2n) is 4.86. The van der Waals surface area contributed by atoms with E-state index in [0.717, 1.165) is 19.5 Å². The summed E-state index contributed by atoms with van der Waals surface area (Å²) in [5.74, 6) is 0.170. The molecule has 98 valence electrons. The Morgan fingerprint density at radius 2 is 2.33 bits per heavy atom. The van der Waals surface area contributed by atoms with E-state index in [0.29, 0.717) is 11.8 Å². The predicted molar refractivity (Wildman–Crippen MR) is 68.5 cm³/mol. The number of carbonyl (C=O) groups excluding carboxylic acids is 1. The molecule has 1 aliphatic rings. The van der Waals surface area contributed by atoms with Gasteiger partial charge in [0.1, 0.15) is 17.5 Å². The zero-order valence-corrected chi connectivity index (χ0v) is 10.8. The van der Waals surface area contributed by atoms with Crippen LogP contribution in [0.15, 0.2) is 18.3 Å². The van der Waals surface area contributed by atoms with E-state index in [4.69, 9.17) is 10.5 Å². The maximum Gasteiger partial charge on any atom is 0.267 e. The highest BCUT2D eigenvalue weighted by molar-refractivity contribution is 5.90. The molecular formula is C13H19N3O2. The molecule has 1 aliphatic heterocycles. The monoisotopic (exact) mass is 249 g/mol. The van der Waals surface area contributed by atoms with Crippen molar-refractivity contribution in [2.75, 3.05) is 13.1 Å². The molecule has 1 atom stereocenters. The number of primary amides is 1. The zero-order valence-electron chi connectivity index (χ0n) is 10.8. The maximum absolute atomic E-state index is 10.9. The minimum absolute atomic E-state index is 0.202. The predicted octanol–water partition coefficient (Wildman–Crippen LogP) is 1.04. The number of carbonyl (C=O) groups is 1. The van der Waals surface area contributed by atoms with Crippen LogP contribution in [0.1, 0.15) is 30.8 Å². The largest absolute Gasteiger partial charge is 0.487 e. The molecule has 0 aliphatic carbocycles. The first-order chi connectivity index (χ1) is 8.56. The van der Waals surface area contributed by atoms with Gasteiger partial charge in [-0.15, -0.1) is 0 Å². The van der Waals surface area contributed by atoms with Gasteiger partial charge >= 0.3 is 0 Å². The first kappa shape index (κ1) is 12.8. The smallest absolute Gasteiger partial charge is 0.267 e. The lowest BCUT2D eigenvalue weighted by atomic mass is 10.3. The van der Waals surface area contributed by atoms with E-state index in [1.165, 1.54) is 0 Å². The zero-order chi connectivity index (χ0) is 13.1. The lowest BCUT2D eigenvalue weighted by molar-refractivity contribution is 0.0995. The van der Waals surface area contributed by atoms with Crippen LogP contribution in [0.3, 0.4) is 0 Å². The summed E-state index contributed by atoms with van der Waals surface area (Å²) < 4.78 is 5.83. The van der Waals surface area contributed by atoms with Crippen molar-refractivity contribution in [1.29, 1.82) is 0 Å². The van der Waals surface area contributed by atoms with Crippen molar-refractivity contribution in [2.24, 2.45) is 5.73 Å². The number of aromatic nitrogens is 1. The minimum Gasteiger partial charge on any atom is -0.487 e. The number of amides is 1. The quantitative estimate of drug-likeness (QED) is 0.865. The minimum atomic E-state index is -0.520. The van der Waals surface area contributed by atoms with Crippen molar-refractivity contribution in [1.82, 2.24) is 9.88 Å². The molecule has 18 heavy (non-hydrogen) atoms. The van der Waals surface area contributed by atoms with E-state index < -0.39 is 5.91 Å². The topological polar surface area (TPSA) is 68.5 Å². The van der Waals surface area contributed by atoms with Crippen molar-refractivity contribution in [3.63, 3.8) is 0 Å². The molecule has 0 spiro atoms. The number of nitrogens with zero attached hydrogens (tertiary/aromatic N) is 2. The van der Waals surface area contributed by atoms with Crippen LogP contribution in [0.4, 0.5) is 0 Å². The van der Waals surface area contributed by atoms with E-state index in [1.807, 2.05) is 0 Å². The summed E-state index contributed by atoms with van der Waals surface area (Å²) in [7, 11) is 0.